The van der Waals surface area contributed by atoms with Crippen molar-refractivity contribution in [2.24, 2.45) is 0 Å². The fourth-order valence-corrected chi connectivity index (χ4v) is 1.50. The van der Waals surface area contributed by atoms with Crippen LogP contribution in [0, 0.1) is 0 Å². The number of carboxylic acid groups (broad SMARTS) is 1. The smallest absolute Gasteiger partial charge is 0.326 e. The molecule has 0 aromatic rings. The number of aliphatic carboxylic acids is 1. The Morgan fingerprint density at radius 3 is 2.75 bits per heavy atom. The molecular formula is C10H18N2O3S. The van der Waals surface area contributed by atoms with Crippen LogP contribution in [0.1, 0.15) is 6.42 Å². The van der Waals surface area contributed by atoms with Crippen LogP contribution in [0.5, 0.6) is 0 Å². The predicted molar refractivity (Wildman–Crippen MR) is 65.6 cm³/mol. The maximum absolute atomic E-state index is 11.3. The molecule has 0 aliphatic carbocycles. The fraction of sp³-hybridized carbons (Fsp3) is 0.600. The van der Waals surface area contributed by atoms with E-state index in [0.717, 1.165) is 0 Å². The lowest BCUT2D eigenvalue weighted by Crippen LogP contribution is -2.44. The van der Waals surface area contributed by atoms with Crippen LogP contribution in [0.3, 0.4) is 0 Å². The summed E-state index contributed by atoms with van der Waals surface area (Å²) in [6.45, 7) is 4.13. The Morgan fingerprint density at radius 2 is 2.25 bits per heavy atom. The highest BCUT2D eigenvalue weighted by atomic mass is 32.2. The number of hydrogen-bond donors (Lipinski definition) is 3. The molecular weight excluding hydrogens is 228 g/mol. The lowest BCUT2D eigenvalue weighted by atomic mass is 10.2. The van der Waals surface area contributed by atoms with E-state index in [1.54, 1.807) is 17.8 Å². The van der Waals surface area contributed by atoms with Crippen LogP contribution in [0.4, 0.5) is 0 Å². The third-order valence-corrected chi connectivity index (χ3v) is 2.46. The zero-order valence-electron chi connectivity index (χ0n) is 9.36. The van der Waals surface area contributed by atoms with Crippen LogP contribution in [0.2, 0.25) is 0 Å². The third kappa shape index (κ3) is 7.30. The summed E-state index contributed by atoms with van der Waals surface area (Å²) in [6, 6.07) is -0.800. The van der Waals surface area contributed by atoms with Gasteiger partial charge in [-0.25, -0.2) is 4.79 Å². The molecule has 0 fully saturated rings. The molecule has 5 nitrogen and oxygen atoms in total. The monoisotopic (exact) mass is 246 g/mol. The minimum atomic E-state index is -0.994. The van der Waals surface area contributed by atoms with E-state index in [2.05, 4.69) is 17.2 Å². The summed E-state index contributed by atoms with van der Waals surface area (Å²) >= 11 is 1.55. The average molecular weight is 246 g/mol. The van der Waals surface area contributed by atoms with Gasteiger partial charge in [-0.1, -0.05) is 6.08 Å². The van der Waals surface area contributed by atoms with Crippen molar-refractivity contribution >= 4 is 23.6 Å². The molecule has 0 heterocycles. The summed E-state index contributed by atoms with van der Waals surface area (Å²) in [7, 11) is 0. The maximum atomic E-state index is 11.3. The van der Waals surface area contributed by atoms with E-state index in [4.69, 9.17) is 5.11 Å². The van der Waals surface area contributed by atoms with Crippen LogP contribution >= 0.6 is 11.8 Å². The normalized spacial score (nSPS) is 11.8. The number of rotatable bonds is 9. The second kappa shape index (κ2) is 9.23. The van der Waals surface area contributed by atoms with Gasteiger partial charge in [-0.15, -0.1) is 6.58 Å². The molecule has 6 heteroatoms. The van der Waals surface area contributed by atoms with Crippen molar-refractivity contribution in [2.45, 2.75) is 12.5 Å². The number of amides is 1. The zero-order valence-corrected chi connectivity index (χ0v) is 10.2. The first-order valence-corrected chi connectivity index (χ1v) is 6.34. The lowest BCUT2D eigenvalue weighted by Gasteiger charge is -2.13. The first-order chi connectivity index (χ1) is 7.61. The van der Waals surface area contributed by atoms with Crippen LogP contribution in [-0.4, -0.2) is 48.1 Å². The molecule has 3 N–H and O–H groups in total. The number of carbonyl (C=O) groups excluding carboxylic acids is 1. The van der Waals surface area contributed by atoms with Gasteiger partial charge in [-0.3, -0.25) is 4.79 Å². The molecule has 0 saturated carbocycles. The van der Waals surface area contributed by atoms with E-state index < -0.39 is 12.0 Å². The van der Waals surface area contributed by atoms with E-state index in [-0.39, 0.29) is 12.5 Å². The number of nitrogens with one attached hydrogen (secondary N) is 2. The Bertz CT molecular complexity index is 246. The summed E-state index contributed by atoms with van der Waals surface area (Å²) < 4.78 is 0. The minimum Gasteiger partial charge on any atom is -0.480 e. The summed E-state index contributed by atoms with van der Waals surface area (Å²) in [4.78, 5) is 22.1. The lowest BCUT2D eigenvalue weighted by molar-refractivity contribution is -0.141. The molecule has 0 radical (unpaired) electrons. The number of thioether (sulfide) groups is 1. The standard InChI is InChI=1S/C10H18N2O3S/c1-3-5-11-7-9(13)12-8(10(14)15)4-6-16-2/h3,8,11H,1,4-7H2,2H3,(H,12,13)(H,14,15)/t8-/m1/s1. The highest BCUT2D eigenvalue weighted by Crippen LogP contribution is 2.00. The molecule has 16 heavy (non-hydrogen) atoms. The highest BCUT2D eigenvalue weighted by molar-refractivity contribution is 7.98. The van der Waals surface area contributed by atoms with Crippen LogP contribution in [0.25, 0.3) is 0 Å². The Morgan fingerprint density at radius 1 is 1.56 bits per heavy atom. The molecule has 0 aliphatic rings. The van der Waals surface area contributed by atoms with Gasteiger partial charge in [-0.2, -0.15) is 11.8 Å². The van der Waals surface area contributed by atoms with Crippen molar-refractivity contribution in [3.8, 4) is 0 Å². The van der Waals surface area contributed by atoms with Gasteiger partial charge >= 0.3 is 5.97 Å². The summed E-state index contributed by atoms with van der Waals surface area (Å²) in [5.74, 6) is -0.599. The zero-order chi connectivity index (χ0) is 12.4. The molecule has 0 aliphatic heterocycles. The van der Waals surface area contributed by atoms with Gasteiger partial charge < -0.3 is 15.7 Å². The van der Waals surface area contributed by atoms with Crippen LogP contribution in [0.15, 0.2) is 12.7 Å². The summed E-state index contributed by atoms with van der Waals surface area (Å²) in [5, 5.41) is 14.1. The Hall–Kier alpha value is -1.01. The van der Waals surface area contributed by atoms with Gasteiger partial charge in [0.25, 0.3) is 0 Å². The minimum absolute atomic E-state index is 0.106. The number of carboxylic acids is 1. The van der Waals surface area contributed by atoms with Gasteiger partial charge in [0.2, 0.25) is 5.91 Å². The molecule has 0 saturated heterocycles. The van der Waals surface area contributed by atoms with E-state index in [1.165, 1.54) is 0 Å². The number of hydrogen-bond acceptors (Lipinski definition) is 4. The third-order valence-electron chi connectivity index (χ3n) is 1.82. The van der Waals surface area contributed by atoms with Gasteiger partial charge in [0.15, 0.2) is 0 Å². The largest absolute Gasteiger partial charge is 0.480 e. The topological polar surface area (TPSA) is 78.4 Å². The van der Waals surface area contributed by atoms with Crippen molar-refractivity contribution in [2.75, 3.05) is 25.1 Å². The quantitative estimate of drug-likeness (QED) is 0.397. The average Bonchev–Trinajstić information content (AvgIpc) is 2.24. The molecule has 1 amide bonds. The molecule has 0 bridgehead atoms. The van der Waals surface area contributed by atoms with Crippen molar-refractivity contribution in [1.29, 1.82) is 0 Å². The van der Waals surface area contributed by atoms with Gasteiger partial charge in [0.05, 0.1) is 6.54 Å². The molecule has 1 atom stereocenters. The van der Waals surface area contributed by atoms with Crippen molar-refractivity contribution in [3.05, 3.63) is 12.7 Å². The maximum Gasteiger partial charge on any atom is 0.326 e. The van der Waals surface area contributed by atoms with Crippen LogP contribution in [-0.2, 0) is 9.59 Å². The van der Waals surface area contributed by atoms with E-state index in [9.17, 15) is 9.59 Å². The highest BCUT2D eigenvalue weighted by Gasteiger charge is 2.18. The molecule has 0 aromatic carbocycles. The van der Waals surface area contributed by atoms with E-state index >= 15 is 0 Å². The van der Waals surface area contributed by atoms with Crippen molar-refractivity contribution in [1.82, 2.24) is 10.6 Å². The SMILES string of the molecule is C=CCNCC(=O)N[C@H](CCSC)C(=O)O. The van der Waals surface area contributed by atoms with E-state index in [1.807, 2.05) is 6.26 Å². The second-order valence-corrected chi connectivity index (χ2v) is 4.14. The van der Waals surface area contributed by atoms with Gasteiger partial charge in [-0.05, 0) is 18.4 Å². The first kappa shape index (κ1) is 15.0. The first-order valence-electron chi connectivity index (χ1n) is 4.94. The Labute approximate surface area is 99.7 Å². The van der Waals surface area contributed by atoms with Gasteiger partial charge in [0.1, 0.15) is 6.04 Å². The Balaban J connectivity index is 3.92. The molecule has 0 unspecified atom stereocenters. The Kier molecular flexibility index (Phi) is 8.65. The summed E-state index contributed by atoms with van der Waals surface area (Å²) in [6.07, 6.45) is 3.96. The predicted octanol–water partition coefficient (Wildman–Crippen LogP) is 0.0845. The summed E-state index contributed by atoms with van der Waals surface area (Å²) in [5.41, 5.74) is 0. The molecule has 0 spiro atoms. The van der Waals surface area contributed by atoms with Crippen molar-refractivity contribution < 1.29 is 14.7 Å². The van der Waals surface area contributed by atoms with Gasteiger partial charge in [0, 0.05) is 6.54 Å². The molecule has 0 aromatic heterocycles. The van der Waals surface area contributed by atoms with Crippen molar-refractivity contribution in [3.63, 3.8) is 0 Å². The van der Waals surface area contributed by atoms with E-state index in [0.29, 0.717) is 18.7 Å². The number of carbonyl (C=O) groups is 2. The fourth-order valence-electron chi connectivity index (χ4n) is 1.03. The van der Waals surface area contributed by atoms with Crippen LogP contribution < -0.4 is 10.6 Å². The molecule has 0 rings (SSSR count). The molecule has 92 valence electrons. The second-order valence-electron chi connectivity index (χ2n) is 3.16.